The lowest BCUT2D eigenvalue weighted by molar-refractivity contribution is 0.111. The maximum absolute atomic E-state index is 5.52. The Kier molecular flexibility index (Phi) is 8.01. The van der Waals surface area contributed by atoms with E-state index in [4.69, 9.17) is 4.74 Å². The number of allylic oxidation sites excluding steroid dienone is 2. The number of para-hydroxylation sites is 1. The zero-order valence-electron chi connectivity index (χ0n) is 18.5. The number of ether oxygens (including phenoxy) is 1. The number of rotatable bonds is 6. The molecule has 0 amide bonds. The van der Waals surface area contributed by atoms with Gasteiger partial charge in [-0.05, 0) is 42.2 Å². The van der Waals surface area contributed by atoms with E-state index in [1.807, 2.05) is 0 Å². The quantitative estimate of drug-likeness (QED) is 0.580. The van der Waals surface area contributed by atoms with Crippen molar-refractivity contribution in [1.29, 1.82) is 0 Å². The van der Waals surface area contributed by atoms with E-state index in [1.54, 1.807) is 0 Å². The molecule has 0 N–H and O–H groups in total. The summed E-state index contributed by atoms with van der Waals surface area (Å²) in [5.41, 5.74) is 5.02. The number of anilines is 1. The van der Waals surface area contributed by atoms with Crippen molar-refractivity contribution in [1.82, 2.24) is 4.90 Å². The van der Waals surface area contributed by atoms with Crippen LogP contribution >= 0.6 is 12.4 Å². The molecule has 28 heavy (non-hydrogen) atoms. The van der Waals surface area contributed by atoms with Crippen LogP contribution < -0.4 is 4.90 Å². The molecule has 0 unspecified atom stereocenters. The largest absolute Gasteiger partial charge is 0.380 e. The molecule has 3 nitrogen and oxygen atoms in total. The van der Waals surface area contributed by atoms with Crippen LogP contribution in [-0.2, 0) is 4.74 Å². The third-order valence-corrected chi connectivity index (χ3v) is 5.89. The van der Waals surface area contributed by atoms with Gasteiger partial charge < -0.3 is 9.64 Å². The molecule has 4 heteroatoms. The Morgan fingerprint density at radius 3 is 2.32 bits per heavy atom. The predicted octanol–water partition coefficient (Wildman–Crippen LogP) is 5.50. The Labute approximate surface area is 178 Å². The van der Waals surface area contributed by atoms with E-state index >= 15 is 0 Å². The minimum atomic E-state index is 0. The van der Waals surface area contributed by atoms with Crippen LogP contribution in [-0.4, -0.2) is 50.8 Å². The second-order valence-electron chi connectivity index (χ2n) is 9.72. The van der Waals surface area contributed by atoms with Gasteiger partial charge in [-0.2, -0.15) is 0 Å². The zero-order chi connectivity index (χ0) is 19.5. The molecule has 1 fully saturated rings. The highest BCUT2D eigenvalue weighted by atomic mass is 35.5. The molecule has 0 spiro atoms. The van der Waals surface area contributed by atoms with Gasteiger partial charge in [0, 0.05) is 50.6 Å². The SMILES string of the molecule is CCOCCN1CCN(c2ccccc2C2=CC(C)(C)CC(C)(C)C2)CC1.Cl. The van der Waals surface area contributed by atoms with Gasteiger partial charge in [0.1, 0.15) is 0 Å². The summed E-state index contributed by atoms with van der Waals surface area (Å²) in [5, 5.41) is 0. The fourth-order valence-electron chi connectivity index (χ4n) is 5.13. The summed E-state index contributed by atoms with van der Waals surface area (Å²) in [6.07, 6.45) is 4.96. The van der Waals surface area contributed by atoms with E-state index < -0.39 is 0 Å². The van der Waals surface area contributed by atoms with E-state index in [2.05, 4.69) is 74.8 Å². The molecule has 2 aliphatic rings. The molecule has 0 aromatic heterocycles. The zero-order valence-corrected chi connectivity index (χ0v) is 19.3. The van der Waals surface area contributed by atoms with E-state index in [9.17, 15) is 0 Å². The van der Waals surface area contributed by atoms with E-state index in [0.717, 1.165) is 45.9 Å². The molecular formula is C24H39ClN2O. The molecule has 1 heterocycles. The number of halogens is 1. The average molecular weight is 407 g/mol. The molecule has 1 aromatic carbocycles. The summed E-state index contributed by atoms with van der Waals surface area (Å²) in [7, 11) is 0. The van der Waals surface area contributed by atoms with Crippen LogP contribution in [0.2, 0.25) is 0 Å². The lowest BCUT2D eigenvalue weighted by Crippen LogP contribution is -2.47. The van der Waals surface area contributed by atoms with Crippen LogP contribution in [0.15, 0.2) is 30.3 Å². The lowest BCUT2D eigenvalue weighted by atomic mass is 9.65. The van der Waals surface area contributed by atoms with Crippen molar-refractivity contribution in [3.05, 3.63) is 35.9 Å². The molecular weight excluding hydrogens is 368 g/mol. The predicted molar refractivity (Wildman–Crippen MR) is 124 cm³/mol. The van der Waals surface area contributed by atoms with E-state index in [1.165, 1.54) is 29.7 Å². The Bertz CT molecular complexity index is 660. The van der Waals surface area contributed by atoms with Gasteiger partial charge in [0.2, 0.25) is 0 Å². The normalized spacial score (nSPS) is 21.8. The first-order valence-electron chi connectivity index (χ1n) is 10.7. The smallest absolute Gasteiger partial charge is 0.0593 e. The first kappa shape index (κ1) is 23.3. The van der Waals surface area contributed by atoms with Gasteiger partial charge in [-0.3, -0.25) is 4.90 Å². The molecule has 1 aliphatic carbocycles. The number of benzene rings is 1. The topological polar surface area (TPSA) is 15.7 Å². The van der Waals surface area contributed by atoms with Crippen molar-refractivity contribution >= 4 is 23.7 Å². The summed E-state index contributed by atoms with van der Waals surface area (Å²) in [6, 6.07) is 9.05. The molecule has 0 radical (unpaired) electrons. The monoisotopic (exact) mass is 406 g/mol. The number of hydrogen-bond donors (Lipinski definition) is 0. The maximum Gasteiger partial charge on any atom is 0.0593 e. The lowest BCUT2D eigenvalue weighted by Gasteiger charge is -2.41. The first-order chi connectivity index (χ1) is 12.8. The highest BCUT2D eigenvalue weighted by Crippen LogP contribution is 2.48. The van der Waals surface area contributed by atoms with Crippen molar-refractivity contribution in [2.45, 2.75) is 47.5 Å². The summed E-state index contributed by atoms with van der Waals surface area (Å²) < 4.78 is 5.52. The van der Waals surface area contributed by atoms with Gasteiger partial charge >= 0.3 is 0 Å². The van der Waals surface area contributed by atoms with Crippen molar-refractivity contribution in [3.63, 3.8) is 0 Å². The highest BCUT2D eigenvalue weighted by molar-refractivity contribution is 5.85. The van der Waals surface area contributed by atoms with Gasteiger partial charge in [0.05, 0.1) is 6.61 Å². The Morgan fingerprint density at radius 2 is 1.68 bits per heavy atom. The van der Waals surface area contributed by atoms with Gasteiger partial charge in [-0.25, -0.2) is 0 Å². The first-order valence-corrected chi connectivity index (χ1v) is 10.7. The number of piperazine rings is 1. The number of nitrogens with zero attached hydrogens (tertiary/aromatic N) is 2. The van der Waals surface area contributed by atoms with Crippen molar-refractivity contribution in [3.8, 4) is 0 Å². The summed E-state index contributed by atoms with van der Waals surface area (Å²) >= 11 is 0. The van der Waals surface area contributed by atoms with Crippen molar-refractivity contribution in [2.75, 3.05) is 50.8 Å². The van der Waals surface area contributed by atoms with E-state index in [0.29, 0.717) is 5.41 Å². The van der Waals surface area contributed by atoms with Crippen LogP contribution in [0.5, 0.6) is 0 Å². The third-order valence-electron chi connectivity index (χ3n) is 5.89. The minimum absolute atomic E-state index is 0. The van der Waals surface area contributed by atoms with Gasteiger partial charge in [-0.1, -0.05) is 52.0 Å². The van der Waals surface area contributed by atoms with Gasteiger partial charge in [0.15, 0.2) is 0 Å². The number of hydrogen-bond acceptors (Lipinski definition) is 3. The summed E-state index contributed by atoms with van der Waals surface area (Å²) in [6.45, 7) is 18.8. The fourth-order valence-corrected chi connectivity index (χ4v) is 5.13. The second kappa shape index (κ2) is 9.65. The van der Waals surface area contributed by atoms with Crippen LogP contribution in [0.3, 0.4) is 0 Å². The maximum atomic E-state index is 5.52. The second-order valence-corrected chi connectivity index (χ2v) is 9.72. The van der Waals surface area contributed by atoms with Crippen LogP contribution in [0.4, 0.5) is 5.69 Å². The fraction of sp³-hybridized carbons (Fsp3) is 0.667. The van der Waals surface area contributed by atoms with Crippen molar-refractivity contribution in [2.24, 2.45) is 10.8 Å². The molecule has 0 bridgehead atoms. The molecule has 1 aliphatic heterocycles. The molecule has 0 saturated carbocycles. The third kappa shape index (κ3) is 5.98. The van der Waals surface area contributed by atoms with Gasteiger partial charge in [0.25, 0.3) is 0 Å². The highest BCUT2D eigenvalue weighted by Gasteiger charge is 2.34. The van der Waals surface area contributed by atoms with Crippen molar-refractivity contribution < 1.29 is 4.74 Å². The van der Waals surface area contributed by atoms with E-state index in [-0.39, 0.29) is 17.8 Å². The minimum Gasteiger partial charge on any atom is -0.380 e. The van der Waals surface area contributed by atoms with Crippen LogP contribution in [0, 0.1) is 10.8 Å². The average Bonchev–Trinajstić information content (AvgIpc) is 2.60. The molecule has 1 aromatic rings. The summed E-state index contributed by atoms with van der Waals surface area (Å²) in [5.74, 6) is 0. The van der Waals surface area contributed by atoms with Crippen LogP contribution in [0.1, 0.15) is 53.0 Å². The summed E-state index contributed by atoms with van der Waals surface area (Å²) in [4.78, 5) is 5.11. The molecule has 3 rings (SSSR count). The molecule has 1 saturated heterocycles. The standard InChI is InChI=1S/C24H38N2O.ClH/c1-6-27-16-15-25-11-13-26(14-12-25)22-10-8-7-9-21(22)20-17-23(2,3)19-24(4,5)18-20;/h7-10,17H,6,11-16,18-19H2,1-5H3;1H. The van der Waals surface area contributed by atoms with Crippen LogP contribution in [0.25, 0.3) is 5.57 Å². The Hall–Kier alpha value is -1.03. The Balaban J connectivity index is 0.00000280. The molecule has 0 atom stereocenters. The molecule has 158 valence electrons. The van der Waals surface area contributed by atoms with Gasteiger partial charge in [-0.15, -0.1) is 12.4 Å². The Morgan fingerprint density at radius 1 is 1.00 bits per heavy atom.